The summed E-state index contributed by atoms with van der Waals surface area (Å²) >= 11 is 0. The molecule has 0 spiro atoms. The van der Waals surface area contributed by atoms with Crippen molar-refractivity contribution in [3.8, 4) is 0 Å². The van der Waals surface area contributed by atoms with E-state index >= 15 is 0 Å². The number of allylic oxidation sites excluding steroid dienone is 4. The highest BCUT2D eigenvalue weighted by Crippen LogP contribution is 2.26. The third-order valence-corrected chi connectivity index (χ3v) is 2.50. The molecule has 1 unspecified atom stereocenters. The number of rotatable bonds is 0. The van der Waals surface area contributed by atoms with Gasteiger partial charge in [-0.05, 0) is 30.8 Å². The van der Waals surface area contributed by atoms with Crippen LogP contribution in [-0.4, -0.2) is 6.54 Å². The van der Waals surface area contributed by atoms with Crippen LogP contribution in [-0.2, 0) is 0 Å². The minimum Gasteiger partial charge on any atom is -0.388 e. The molecule has 0 radical (unpaired) electrons. The molecule has 0 aromatic rings. The van der Waals surface area contributed by atoms with Gasteiger partial charge < -0.3 is 5.32 Å². The van der Waals surface area contributed by atoms with Crippen LogP contribution in [0.4, 0.5) is 0 Å². The zero-order chi connectivity index (χ0) is 7.68. The second kappa shape index (κ2) is 2.72. The molecule has 0 fully saturated rings. The molecule has 1 heterocycles. The molecule has 1 atom stereocenters. The number of hydrogen-bond acceptors (Lipinski definition) is 1. The van der Waals surface area contributed by atoms with E-state index in [-0.39, 0.29) is 0 Å². The Hall–Kier alpha value is -0.720. The van der Waals surface area contributed by atoms with Crippen molar-refractivity contribution in [2.45, 2.75) is 26.2 Å². The summed E-state index contributed by atoms with van der Waals surface area (Å²) in [5.41, 5.74) is 3.06. The van der Waals surface area contributed by atoms with Crippen molar-refractivity contribution in [3.05, 3.63) is 23.4 Å². The van der Waals surface area contributed by atoms with E-state index in [1.165, 1.54) is 31.5 Å². The Morgan fingerprint density at radius 1 is 1.55 bits per heavy atom. The van der Waals surface area contributed by atoms with E-state index in [4.69, 9.17) is 0 Å². The molecular formula is C10H15N. The summed E-state index contributed by atoms with van der Waals surface area (Å²) in [7, 11) is 0. The van der Waals surface area contributed by atoms with Crippen LogP contribution in [0.5, 0.6) is 0 Å². The highest BCUT2D eigenvalue weighted by Gasteiger charge is 2.15. The van der Waals surface area contributed by atoms with Crippen LogP contribution >= 0.6 is 0 Å². The maximum atomic E-state index is 3.48. The van der Waals surface area contributed by atoms with E-state index in [1.54, 1.807) is 5.57 Å². The molecule has 11 heavy (non-hydrogen) atoms. The molecule has 1 heteroatoms. The third kappa shape index (κ3) is 1.32. The Balaban J connectivity index is 2.20. The van der Waals surface area contributed by atoms with Crippen LogP contribution in [0.1, 0.15) is 26.2 Å². The summed E-state index contributed by atoms with van der Waals surface area (Å²) in [6.45, 7) is 3.45. The summed E-state index contributed by atoms with van der Waals surface area (Å²) in [5.74, 6) is 0.736. The maximum absolute atomic E-state index is 3.48. The first kappa shape index (κ1) is 6.96. The molecular weight excluding hydrogens is 134 g/mol. The van der Waals surface area contributed by atoms with Gasteiger partial charge in [0.15, 0.2) is 0 Å². The van der Waals surface area contributed by atoms with Gasteiger partial charge in [-0.25, -0.2) is 0 Å². The van der Waals surface area contributed by atoms with Crippen molar-refractivity contribution in [1.82, 2.24) is 5.32 Å². The standard InChI is InChI=1S/C10H15N/c1-8-4-5-9-3-2-6-11-10(9)7-8/h4-5,8,11H,2-3,6-7H2,1H3. The molecule has 1 aliphatic heterocycles. The topological polar surface area (TPSA) is 12.0 Å². The summed E-state index contributed by atoms with van der Waals surface area (Å²) in [6, 6.07) is 0. The second-order valence-electron chi connectivity index (χ2n) is 3.57. The SMILES string of the molecule is CC1C=CC2=C(C1)NCCC2. The van der Waals surface area contributed by atoms with E-state index in [2.05, 4.69) is 24.4 Å². The predicted molar refractivity (Wildman–Crippen MR) is 47.2 cm³/mol. The van der Waals surface area contributed by atoms with Gasteiger partial charge in [-0.2, -0.15) is 0 Å². The van der Waals surface area contributed by atoms with Crippen LogP contribution in [0.2, 0.25) is 0 Å². The first-order valence-electron chi connectivity index (χ1n) is 4.50. The molecule has 0 amide bonds. The van der Waals surface area contributed by atoms with Gasteiger partial charge in [0.25, 0.3) is 0 Å². The molecule has 0 aromatic carbocycles. The Morgan fingerprint density at radius 2 is 2.45 bits per heavy atom. The molecule has 60 valence electrons. The van der Waals surface area contributed by atoms with Crippen molar-refractivity contribution < 1.29 is 0 Å². The van der Waals surface area contributed by atoms with Crippen molar-refractivity contribution >= 4 is 0 Å². The Bertz CT molecular complexity index is 213. The summed E-state index contributed by atoms with van der Waals surface area (Å²) < 4.78 is 0. The molecule has 0 saturated heterocycles. The summed E-state index contributed by atoms with van der Waals surface area (Å²) in [5, 5.41) is 3.48. The second-order valence-corrected chi connectivity index (χ2v) is 3.57. The first-order valence-corrected chi connectivity index (χ1v) is 4.50. The molecule has 1 aliphatic carbocycles. The average molecular weight is 149 g/mol. The van der Waals surface area contributed by atoms with E-state index in [1.807, 2.05) is 0 Å². The molecule has 0 aromatic heterocycles. The number of hydrogen-bond donors (Lipinski definition) is 1. The average Bonchev–Trinajstić information content (AvgIpc) is 2.04. The summed E-state index contributed by atoms with van der Waals surface area (Å²) in [4.78, 5) is 0. The Morgan fingerprint density at radius 3 is 3.36 bits per heavy atom. The molecule has 0 bridgehead atoms. The van der Waals surface area contributed by atoms with Gasteiger partial charge in [0.2, 0.25) is 0 Å². The van der Waals surface area contributed by atoms with Gasteiger partial charge in [0.05, 0.1) is 0 Å². The van der Waals surface area contributed by atoms with E-state index in [9.17, 15) is 0 Å². The maximum Gasteiger partial charge on any atom is 0.0147 e. The molecule has 2 aliphatic rings. The highest BCUT2D eigenvalue weighted by molar-refractivity contribution is 5.31. The van der Waals surface area contributed by atoms with Gasteiger partial charge in [-0.1, -0.05) is 19.1 Å². The first-order chi connectivity index (χ1) is 5.36. The lowest BCUT2D eigenvalue weighted by Crippen LogP contribution is -2.24. The minimum absolute atomic E-state index is 0.736. The van der Waals surface area contributed by atoms with Crippen LogP contribution in [0, 0.1) is 5.92 Å². The molecule has 2 rings (SSSR count). The van der Waals surface area contributed by atoms with Crippen LogP contribution in [0.15, 0.2) is 23.4 Å². The summed E-state index contributed by atoms with van der Waals surface area (Å²) in [6.07, 6.45) is 8.44. The fourth-order valence-corrected chi connectivity index (χ4v) is 1.84. The molecule has 0 saturated carbocycles. The van der Waals surface area contributed by atoms with Gasteiger partial charge in [-0.3, -0.25) is 0 Å². The van der Waals surface area contributed by atoms with E-state index in [0.29, 0.717) is 0 Å². The minimum atomic E-state index is 0.736. The van der Waals surface area contributed by atoms with Crippen molar-refractivity contribution in [1.29, 1.82) is 0 Å². The largest absolute Gasteiger partial charge is 0.388 e. The highest BCUT2D eigenvalue weighted by atomic mass is 14.9. The van der Waals surface area contributed by atoms with Crippen LogP contribution in [0.3, 0.4) is 0 Å². The van der Waals surface area contributed by atoms with Crippen molar-refractivity contribution in [2.75, 3.05) is 6.54 Å². The van der Waals surface area contributed by atoms with Crippen molar-refractivity contribution in [2.24, 2.45) is 5.92 Å². The predicted octanol–water partition coefficient (Wildman–Crippen LogP) is 2.22. The van der Waals surface area contributed by atoms with Gasteiger partial charge >= 0.3 is 0 Å². The zero-order valence-electron chi connectivity index (χ0n) is 7.06. The smallest absolute Gasteiger partial charge is 0.0147 e. The third-order valence-electron chi connectivity index (χ3n) is 2.50. The molecule has 1 N–H and O–H groups in total. The Kier molecular flexibility index (Phi) is 1.72. The fraction of sp³-hybridized carbons (Fsp3) is 0.600. The fourth-order valence-electron chi connectivity index (χ4n) is 1.84. The van der Waals surface area contributed by atoms with E-state index in [0.717, 1.165) is 5.92 Å². The normalized spacial score (nSPS) is 29.7. The lowest BCUT2D eigenvalue weighted by atomic mass is 9.91. The van der Waals surface area contributed by atoms with Gasteiger partial charge in [0, 0.05) is 12.2 Å². The quantitative estimate of drug-likeness (QED) is 0.557. The van der Waals surface area contributed by atoms with Gasteiger partial charge in [0.1, 0.15) is 0 Å². The van der Waals surface area contributed by atoms with E-state index < -0.39 is 0 Å². The molecule has 1 nitrogen and oxygen atoms in total. The number of nitrogens with one attached hydrogen (secondary N) is 1. The lowest BCUT2D eigenvalue weighted by molar-refractivity contribution is 0.582. The van der Waals surface area contributed by atoms with Crippen LogP contribution in [0.25, 0.3) is 0 Å². The zero-order valence-corrected chi connectivity index (χ0v) is 7.06. The van der Waals surface area contributed by atoms with Crippen LogP contribution < -0.4 is 5.32 Å². The Labute approximate surface area is 68.2 Å². The monoisotopic (exact) mass is 149 g/mol. The van der Waals surface area contributed by atoms with Gasteiger partial charge in [-0.15, -0.1) is 0 Å². The van der Waals surface area contributed by atoms with Crippen molar-refractivity contribution in [3.63, 3.8) is 0 Å². The lowest BCUT2D eigenvalue weighted by Gasteiger charge is -2.25.